The first-order valence-electron chi connectivity index (χ1n) is 10.2. The first-order chi connectivity index (χ1) is 14.6. The fourth-order valence-corrected chi connectivity index (χ4v) is 3.68. The highest BCUT2D eigenvalue weighted by atomic mass is 16.5. The van der Waals surface area contributed by atoms with Gasteiger partial charge in [0.25, 0.3) is 5.91 Å². The summed E-state index contributed by atoms with van der Waals surface area (Å²) >= 11 is 0. The van der Waals surface area contributed by atoms with Crippen molar-refractivity contribution in [1.82, 2.24) is 14.8 Å². The van der Waals surface area contributed by atoms with Crippen molar-refractivity contribution in [3.05, 3.63) is 78.0 Å². The van der Waals surface area contributed by atoms with Gasteiger partial charge >= 0.3 is 5.97 Å². The zero-order valence-electron chi connectivity index (χ0n) is 17.0. The van der Waals surface area contributed by atoms with Gasteiger partial charge < -0.3 is 9.64 Å². The van der Waals surface area contributed by atoms with Gasteiger partial charge in [-0.05, 0) is 24.6 Å². The summed E-state index contributed by atoms with van der Waals surface area (Å²) in [6, 6.07) is 21.3. The molecule has 30 heavy (non-hydrogen) atoms. The summed E-state index contributed by atoms with van der Waals surface area (Å²) in [5.41, 5.74) is 2.20. The monoisotopic (exact) mass is 403 g/mol. The molecule has 1 saturated heterocycles. The Kier molecular flexibility index (Phi) is 6.05. The van der Waals surface area contributed by atoms with Crippen LogP contribution in [-0.2, 0) is 16.1 Å². The number of ether oxygens (including phenoxy) is 1. The number of pyridine rings is 1. The van der Waals surface area contributed by atoms with Crippen molar-refractivity contribution >= 4 is 22.8 Å². The van der Waals surface area contributed by atoms with E-state index in [4.69, 9.17) is 4.74 Å². The number of rotatable bonds is 5. The summed E-state index contributed by atoms with van der Waals surface area (Å²) in [5, 5.41) is 0.951. The largest absolute Gasteiger partial charge is 0.448 e. The molecule has 1 atom stereocenters. The maximum Gasteiger partial charge on any atom is 0.357 e. The molecule has 6 heteroatoms. The first kappa shape index (κ1) is 20.0. The van der Waals surface area contributed by atoms with Gasteiger partial charge in [0.05, 0.1) is 5.52 Å². The third kappa shape index (κ3) is 4.66. The molecule has 1 fully saturated rings. The smallest absolute Gasteiger partial charge is 0.357 e. The summed E-state index contributed by atoms with van der Waals surface area (Å²) in [6.45, 7) is 5.35. The molecule has 4 rings (SSSR count). The molecule has 1 amide bonds. The quantitative estimate of drug-likeness (QED) is 0.613. The zero-order chi connectivity index (χ0) is 20.9. The van der Waals surface area contributed by atoms with Crippen LogP contribution < -0.4 is 0 Å². The molecule has 1 unspecified atom stereocenters. The van der Waals surface area contributed by atoms with Gasteiger partial charge in [-0.3, -0.25) is 9.69 Å². The highest BCUT2D eigenvalue weighted by molar-refractivity contribution is 5.93. The van der Waals surface area contributed by atoms with Gasteiger partial charge in [0.1, 0.15) is 5.69 Å². The number of fused-ring (bicyclic) bond motifs is 1. The van der Waals surface area contributed by atoms with Gasteiger partial charge in [0, 0.05) is 38.1 Å². The van der Waals surface area contributed by atoms with Crippen LogP contribution in [0.25, 0.3) is 10.9 Å². The minimum Gasteiger partial charge on any atom is -0.448 e. The van der Waals surface area contributed by atoms with Gasteiger partial charge in [-0.1, -0.05) is 54.6 Å². The normalized spacial score (nSPS) is 15.7. The van der Waals surface area contributed by atoms with Crippen molar-refractivity contribution in [3.63, 3.8) is 0 Å². The van der Waals surface area contributed by atoms with Crippen LogP contribution in [-0.4, -0.2) is 58.9 Å². The van der Waals surface area contributed by atoms with E-state index in [1.807, 2.05) is 48.5 Å². The van der Waals surface area contributed by atoms with Crippen molar-refractivity contribution in [1.29, 1.82) is 0 Å². The standard InChI is InChI=1S/C24H25N3O3/c1-18(30-24(29)22-12-11-20-9-5-6-10-21(20)25-22)23(28)27-15-13-26(14-16-27)17-19-7-3-2-4-8-19/h2-12,18H,13-17H2,1H3. The lowest BCUT2D eigenvalue weighted by molar-refractivity contribution is -0.141. The number of carbonyl (C=O) groups is 2. The molecule has 0 saturated carbocycles. The fourth-order valence-electron chi connectivity index (χ4n) is 3.68. The van der Waals surface area contributed by atoms with Gasteiger partial charge in [-0.15, -0.1) is 0 Å². The molecule has 0 radical (unpaired) electrons. The second kappa shape index (κ2) is 9.05. The first-order valence-corrected chi connectivity index (χ1v) is 10.2. The molecule has 0 aliphatic carbocycles. The summed E-state index contributed by atoms with van der Waals surface area (Å²) in [4.78, 5) is 33.7. The minimum absolute atomic E-state index is 0.163. The number of amides is 1. The summed E-state index contributed by atoms with van der Waals surface area (Å²) in [6.07, 6.45) is -0.841. The average Bonchev–Trinajstić information content (AvgIpc) is 2.79. The SMILES string of the molecule is CC(OC(=O)c1ccc2ccccc2n1)C(=O)N1CCN(Cc2ccccc2)CC1. The van der Waals surface area contributed by atoms with Crippen molar-refractivity contribution in [2.45, 2.75) is 19.6 Å². The Morgan fingerprint density at radius 3 is 2.40 bits per heavy atom. The minimum atomic E-state index is -0.841. The Morgan fingerprint density at radius 1 is 0.933 bits per heavy atom. The van der Waals surface area contributed by atoms with E-state index < -0.39 is 12.1 Å². The van der Waals surface area contributed by atoms with Crippen molar-refractivity contribution in [3.8, 4) is 0 Å². The Bertz CT molecular complexity index is 1030. The zero-order valence-corrected chi connectivity index (χ0v) is 17.0. The third-order valence-electron chi connectivity index (χ3n) is 5.37. The second-order valence-corrected chi connectivity index (χ2v) is 7.52. The van der Waals surface area contributed by atoms with Crippen LogP contribution >= 0.6 is 0 Å². The lowest BCUT2D eigenvalue weighted by Gasteiger charge is -2.35. The lowest BCUT2D eigenvalue weighted by Crippen LogP contribution is -2.51. The Labute approximate surface area is 176 Å². The molecule has 2 heterocycles. The van der Waals surface area contributed by atoms with Crippen molar-refractivity contribution < 1.29 is 14.3 Å². The van der Waals surface area contributed by atoms with E-state index in [1.54, 1.807) is 17.9 Å². The summed E-state index contributed by atoms with van der Waals surface area (Å²) in [5.74, 6) is -0.743. The number of hydrogen-bond acceptors (Lipinski definition) is 5. The molecule has 1 aliphatic heterocycles. The number of esters is 1. The molecule has 3 aromatic rings. The predicted molar refractivity (Wildman–Crippen MR) is 115 cm³/mol. The van der Waals surface area contributed by atoms with E-state index in [0.717, 1.165) is 30.5 Å². The van der Waals surface area contributed by atoms with Crippen LogP contribution in [0, 0.1) is 0 Å². The highest BCUT2D eigenvalue weighted by Crippen LogP contribution is 2.14. The van der Waals surface area contributed by atoms with Crippen LogP contribution in [0.2, 0.25) is 0 Å². The molecule has 6 nitrogen and oxygen atoms in total. The Hall–Kier alpha value is -3.25. The van der Waals surface area contributed by atoms with E-state index in [9.17, 15) is 9.59 Å². The number of para-hydroxylation sites is 1. The molecule has 0 bridgehead atoms. The topological polar surface area (TPSA) is 62.7 Å². The number of benzene rings is 2. The van der Waals surface area contributed by atoms with Crippen LogP contribution in [0.4, 0.5) is 0 Å². The Balaban J connectivity index is 1.30. The van der Waals surface area contributed by atoms with Crippen LogP contribution in [0.3, 0.4) is 0 Å². The molecular formula is C24H25N3O3. The van der Waals surface area contributed by atoms with Crippen LogP contribution in [0.5, 0.6) is 0 Å². The van der Waals surface area contributed by atoms with E-state index in [2.05, 4.69) is 22.0 Å². The number of aromatic nitrogens is 1. The number of piperazine rings is 1. The highest BCUT2D eigenvalue weighted by Gasteiger charge is 2.27. The van der Waals surface area contributed by atoms with Crippen LogP contribution in [0.15, 0.2) is 66.7 Å². The maximum atomic E-state index is 12.8. The van der Waals surface area contributed by atoms with Gasteiger partial charge in [0.15, 0.2) is 6.10 Å². The lowest BCUT2D eigenvalue weighted by atomic mass is 10.2. The van der Waals surface area contributed by atoms with E-state index in [1.165, 1.54) is 5.56 Å². The molecule has 154 valence electrons. The van der Waals surface area contributed by atoms with Gasteiger partial charge in [-0.25, -0.2) is 9.78 Å². The molecule has 0 spiro atoms. The fraction of sp³-hybridized carbons (Fsp3) is 0.292. The number of hydrogen-bond donors (Lipinski definition) is 0. The van der Waals surface area contributed by atoms with Gasteiger partial charge in [0.2, 0.25) is 0 Å². The number of nitrogens with zero attached hydrogens (tertiary/aromatic N) is 3. The third-order valence-corrected chi connectivity index (χ3v) is 5.37. The molecule has 1 aliphatic rings. The molecule has 0 N–H and O–H groups in total. The van der Waals surface area contributed by atoms with E-state index >= 15 is 0 Å². The second-order valence-electron chi connectivity index (χ2n) is 7.52. The van der Waals surface area contributed by atoms with Crippen molar-refractivity contribution in [2.75, 3.05) is 26.2 Å². The maximum absolute atomic E-state index is 12.8. The molecule has 1 aromatic heterocycles. The number of carbonyl (C=O) groups excluding carboxylic acids is 2. The Morgan fingerprint density at radius 2 is 1.63 bits per heavy atom. The predicted octanol–water partition coefficient (Wildman–Crippen LogP) is 3.12. The summed E-state index contributed by atoms with van der Waals surface area (Å²) in [7, 11) is 0. The van der Waals surface area contributed by atoms with Gasteiger partial charge in [-0.2, -0.15) is 0 Å². The van der Waals surface area contributed by atoms with E-state index in [0.29, 0.717) is 13.1 Å². The average molecular weight is 403 g/mol. The van der Waals surface area contributed by atoms with E-state index in [-0.39, 0.29) is 11.6 Å². The van der Waals surface area contributed by atoms with Crippen molar-refractivity contribution in [2.24, 2.45) is 0 Å². The summed E-state index contributed by atoms with van der Waals surface area (Å²) < 4.78 is 5.42. The van der Waals surface area contributed by atoms with Crippen LogP contribution in [0.1, 0.15) is 23.0 Å². The molecular weight excluding hydrogens is 378 g/mol. The molecule has 2 aromatic carbocycles.